The molecule has 2 aliphatic rings. The molecule has 2 amide bonds. The summed E-state index contributed by atoms with van der Waals surface area (Å²) >= 11 is 0. The van der Waals surface area contributed by atoms with Crippen LogP contribution in [0.25, 0.3) is 0 Å². The lowest BCUT2D eigenvalue weighted by Gasteiger charge is -2.47. The van der Waals surface area contributed by atoms with Gasteiger partial charge in [0.15, 0.2) is 0 Å². The van der Waals surface area contributed by atoms with E-state index in [2.05, 4.69) is 12.1 Å². The van der Waals surface area contributed by atoms with Crippen LogP contribution in [0.3, 0.4) is 0 Å². The fourth-order valence-electron chi connectivity index (χ4n) is 3.92. The number of rotatable bonds is 3. The van der Waals surface area contributed by atoms with Crippen molar-refractivity contribution in [3.8, 4) is 0 Å². The van der Waals surface area contributed by atoms with Gasteiger partial charge >= 0.3 is 0 Å². The Hall–Kier alpha value is -1.88. The zero-order valence-electron chi connectivity index (χ0n) is 14.3. The number of likely N-dealkylation sites (tertiary alicyclic amines) is 2. The zero-order valence-corrected chi connectivity index (χ0v) is 14.3. The molecule has 1 aromatic rings. The number of carbonyl (C=O) groups excluding carboxylic acids is 2. The fourth-order valence-corrected chi connectivity index (χ4v) is 3.92. The van der Waals surface area contributed by atoms with E-state index in [1.54, 1.807) is 4.90 Å². The van der Waals surface area contributed by atoms with Crippen LogP contribution in [0, 0.1) is 5.41 Å². The van der Waals surface area contributed by atoms with Gasteiger partial charge in [0, 0.05) is 32.6 Å². The van der Waals surface area contributed by atoms with Crippen molar-refractivity contribution in [2.45, 2.75) is 45.3 Å². The summed E-state index contributed by atoms with van der Waals surface area (Å²) in [6.07, 6.45) is 2.39. The number of aliphatic hydroxyl groups is 1. The van der Waals surface area contributed by atoms with Crippen LogP contribution < -0.4 is 0 Å². The highest BCUT2D eigenvalue weighted by atomic mass is 16.3. The van der Waals surface area contributed by atoms with Gasteiger partial charge < -0.3 is 14.9 Å². The first-order valence-electron chi connectivity index (χ1n) is 8.78. The predicted octanol–water partition coefficient (Wildman–Crippen LogP) is 1.80. The van der Waals surface area contributed by atoms with Crippen LogP contribution in [-0.2, 0) is 16.1 Å². The number of nitrogens with zero attached hydrogens (tertiary/aromatic N) is 2. The van der Waals surface area contributed by atoms with Crippen molar-refractivity contribution >= 4 is 11.8 Å². The van der Waals surface area contributed by atoms with Crippen LogP contribution in [-0.4, -0.2) is 52.5 Å². The molecule has 24 heavy (non-hydrogen) atoms. The van der Waals surface area contributed by atoms with E-state index >= 15 is 0 Å². The third kappa shape index (κ3) is 3.61. The molecule has 1 aromatic carbocycles. The summed E-state index contributed by atoms with van der Waals surface area (Å²) < 4.78 is 0. The maximum absolute atomic E-state index is 12.3. The first-order valence-corrected chi connectivity index (χ1v) is 8.78. The lowest BCUT2D eigenvalue weighted by molar-refractivity contribution is -0.146. The molecule has 5 nitrogen and oxygen atoms in total. The molecule has 0 aliphatic carbocycles. The van der Waals surface area contributed by atoms with E-state index in [0.29, 0.717) is 26.1 Å². The number of hydrogen-bond acceptors (Lipinski definition) is 3. The minimum atomic E-state index is -0.929. The molecule has 2 aliphatic heterocycles. The van der Waals surface area contributed by atoms with E-state index in [1.165, 1.54) is 6.92 Å². The maximum Gasteiger partial charge on any atom is 0.251 e. The van der Waals surface area contributed by atoms with E-state index in [-0.39, 0.29) is 17.2 Å². The molecule has 0 saturated carbocycles. The largest absolute Gasteiger partial charge is 0.384 e. The van der Waals surface area contributed by atoms with Crippen molar-refractivity contribution in [3.05, 3.63) is 35.9 Å². The third-order valence-corrected chi connectivity index (χ3v) is 5.46. The standard InChI is InChI=1S/C19H26N2O3/c1-15(22)18(24)20-11-9-19(10-12-20)8-7-17(23)21(14-19)13-16-5-3-2-4-6-16/h2-6,15,22H,7-14H2,1H3/t15-/m1/s1. The smallest absolute Gasteiger partial charge is 0.251 e. The number of amides is 2. The van der Waals surface area contributed by atoms with Crippen LogP contribution in [0.15, 0.2) is 30.3 Å². The van der Waals surface area contributed by atoms with Crippen molar-refractivity contribution in [1.82, 2.24) is 9.80 Å². The summed E-state index contributed by atoms with van der Waals surface area (Å²) in [4.78, 5) is 28.0. The Balaban J connectivity index is 1.63. The molecule has 130 valence electrons. The van der Waals surface area contributed by atoms with Gasteiger partial charge in [0.05, 0.1) is 0 Å². The number of hydrogen-bond donors (Lipinski definition) is 1. The minimum absolute atomic E-state index is 0.123. The molecule has 2 fully saturated rings. The molecule has 0 unspecified atom stereocenters. The Morgan fingerprint density at radius 2 is 1.88 bits per heavy atom. The Morgan fingerprint density at radius 1 is 1.21 bits per heavy atom. The van der Waals surface area contributed by atoms with Gasteiger partial charge in [0.2, 0.25) is 5.91 Å². The first-order chi connectivity index (χ1) is 11.5. The van der Waals surface area contributed by atoms with Gasteiger partial charge in [-0.1, -0.05) is 30.3 Å². The van der Waals surface area contributed by atoms with Crippen LogP contribution in [0.5, 0.6) is 0 Å². The molecule has 1 spiro atoms. The quantitative estimate of drug-likeness (QED) is 0.919. The summed E-state index contributed by atoms with van der Waals surface area (Å²) in [5, 5.41) is 9.47. The fraction of sp³-hybridized carbons (Fsp3) is 0.579. The SMILES string of the molecule is C[C@@H](O)C(=O)N1CCC2(CCC(=O)N(Cc3ccccc3)C2)CC1. The van der Waals surface area contributed by atoms with Crippen molar-refractivity contribution in [2.24, 2.45) is 5.41 Å². The van der Waals surface area contributed by atoms with Gasteiger partial charge in [-0.25, -0.2) is 0 Å². The van der Waals surface area contributed by atoms with Crippen LogP contribution >= 0.6 is 0 Å². The molecule has 1 N–H and O–H groups in total. The summed E-state index contributed by atoms with van der Waals surface area (Å²) in [5.41, 5.74) is 1.28. The Bertz CT molecular complexity index is 592. The average Bonchev–Trinajstić information content (AvgIpc) is 2.59. The van der Waals surface area contributed by atoms with E-state index in [1.807, 2.05) is 23.1 Å². The van der Waals surface area contributed by atoms with Crippen LogP contribution in [0.4, 0.5) is 0 Å². The minimum Gasteiger partial charge on any atom is -0.384 e. The van der Waals surface area contributed by atoms with Gasteiger partial charge in [-0.05, 0) is 37.2 Å². The van der Waals surface area contributed by atoms with E-state index in [0.717, 1.165) is 31.4 Å². The third-order valence-electron chi connectivity index (χ3n) is 5.46. The number of piperidine rings is 2. The van der Waals surface area contributed by atoms with Gasteiger partial charge in [0.1, 0.15) is 6.10 Å². The second-order valence-electron chi connectivity index (χ2n) is 7.24. The molecule has 2 saturated heterocycles. The highest BCUT2D eigenvalue weighted by Crippen LogP contribution is 2.40. The van der Waals surface area contributed by atoms with Crippen LogP contribution in [0.2, 0.25) is 0 Å². The van der Waals surface area contributed by atoms with E-state index in [9.17, 15) is 14.7 Å². The lowest BCUT2D eigenvalue weighted by Crippen LogP contribution is -2.53. The van der Waals surface area contributed by atoms with Gasteiger partial charge in [-0.2, -0.15) is 0 Å². The Morgan fingerprint density at radius 3 is 2.50 bits per heavy atom. The van der Waals surface area contributed by atoms with Crippen molar-refractivity contribution < 1.29 is 14.7 Å². The molecule has 0 aromatic heterocycles. The molecule has 3 rings (SSSR count). The molecule has 2 heterocycles. The zero-order chi connectivity index (χ0) is 17.2. The topological polar surface area (TPSA) is 60.9 Å². The Kier molecular flexibility index (Phi) is 4.90. The summed E-state index contributed by atoms with van der Waals surface area (Å²) in [6.45, 7) is 4.32. The maximum atomic E-state index is 12.3. The number of aliphatic hydroxyl groups excluding tert-OH is 1. The predicted molar refractivity (Wildman–Crippen MR) is 91.0 cm³/mol. The van der Waals surface area contributed by atoms with Crippen molar-refractivity contribution in [2.75, 3.05) is 19.6 Å². The first kappa shape index (κ1) is 17.0. The highest BCUT2D eigenvalue weighted by Gasteiger charge is 2.41. The molecule has 0 radical (unpaired) electrons. The second kappa shape index (κ2) is 6.93. The molecular weight excluding hydrogens is 304 g/mol. The summed E-state index contributed by atoms with van der Waals surface area (Å²) in [5.74, 6) is 0.0461. The molecule has 1 atom stereocenters. The second-order valence-corrected chi connectivity index (χ2v) is 7.24. The molecular formula is C19H26N2O3. The number of carbonyl (C=O) groups is 2. The normalized spacial score (nSPS) is 21.8. The highest BCUT2D eigenvalue weighted by molar-refractivity contribution is 5.80. The van der Waals surface area contributed by atoms with E-state index in [4.69, 9.17) is 0 Å². The lowest BCUT2D eigenvalue weighted by atomic mass is 9.72. The van der Waals surface area contributed by atoms with Crippen LogP contribution in [0.1, 0.15) is 38.2 Å². The van der Waals surface area contributed by atoms with Crippen molar-refractivity contribution in [1.29, 1.82) is 0 Å². The summed E-state index contributed by atoms with van der Waals surface area (Å²) in [6, 6.07) is 10.1. The Labute approximate surface area is 143 Å². The number of benzene rings is 1. The molecule has 5 heteroatoms. The van der Waals surface area contributed by atoms with Gasteiger partial charge in [0.25, 0.3) is 5.91 Å². The summed E-state index contributed by atoms with van der Waals surface area (Å²) in [7, 11) is 0. The van der Waals surface area contributed by atoms with Crippen molar-refractivity contribution in [3.63, 3.8) is 0 Å². The average molecular weight is 330 g/mol. The van der Waals surface area contributed by atoms with Gasteiger partial charge in [-0.15, -0.1) is 0 Å². The van der Waals surface area contributed by atoms with Gasteiger partial charge in [-0.3, -0.25) is 9.59 Å². The monoisotopic (exact) mass is 330 g/mol. The molecule has 0 bridgehead atoms. The van der Waals surface area contributed by atoms with E-state index < -0.39 is 6.10 Å².